The van der Waals surface area contributed by atoms with Crippen molar-refractivity contribution in [2.75, 3.05) is 32.0 Å². The molecule has 2 atom stereocenters. The number of nitrogens with one attached hydrogen (secondary N) is 1. The topological polar surface area (TPSA) is 65.9 Å². The van der Waals surface area contributed by atoms with E-state index < -0.39 is 0 Å². The molecule has 1 fully saturated rings. The van der Waals surface area contributed by atoms with E-state index in [1.54, 1.807) is 28.3 Å². The predicted molar refractivity (Wildman–Crippen MR) is 107 cm³/mol. The average molecular weight is 389 g/mol. The van der Waals surface area contributed by atoms with E-state index in [9.17, 15) is 4.79 Å². The number of quaternary nitrogens is 1. The summed E-state index contributed by atoms with van der Waals surface area (Å²) >= 11 is 1.65. The molecule has 0 saturated carbocycles. The molecular formula is C19H26N5O2S+. The zero-order valence-electron chi connectivity index (χ0n) is 16.0. The minimum absolute atomic E-state index is 0.0504. The Labute approximate surface area is 162 Å². The summed E-state index contributed by atoms with van der Waals surface area (Å²) in [6.45, 7) is 8.64. The van der Waals surface area contributed by atoms with Gasteiger partial charge in [-0.2, -0.15) is 0 Å². The number of thioether (sulfide) groups is 1. The van der Waals surface area contributed by atoms with E-state index in [1.165, 1.54) is 6.54 Å². The highest BCUT2D eigenvalue weighted by Crippen LogP contribution is 2.22. The van der Waals surface area contributed by atoms with E-state index in [4.69, 9.17) is 4.74 Å². The van der Waals surface area contributed by atoms with Crippen LogP contribution >= 0.6 is 11.8 Å². The first-order valence-electron chi connectivity index (χ1n) is 9.45. The van der Waals surface area contributed by atoms with Gasteiger partial charge in [0.2, 0.25) is 5.78 Å². The number of hydrogen-bond acceptors (Lipinski definition) is 5. The molecule has 0 bridgehead atoms. The van der Waals surface area contributed by atoms with Gasteiger partial charge < -0.3 is 9.64 Å². The van der Waals surface area contributed by atoms with E-state index in [-0.39, 0.29) is 11.7 Å². The first kappa shape index (κ1) is 18.5. The molecule has 0 aliphatic carbocycles. The van der Waals surface area contributed by atoms with Crippen molar-refractivity contribution in [2.24, 2.45) is 13.0 Å². The molecule has 0 amide bonds. The van der Waals surface area contributed by atoms with E-state index >= 15 is 0 Å². The second kappa shape index (κ2) is 7.61. The molecule has 7 nitrogen and oxygen atoms in total. The molecule has 0 spiro atoms. The van der Waals surface area contributed by atoms with Crippen molar-refractivity contribution >= 4 is 28.4 Å². The Hall–Kier alpha value is -1.90. The van der Waals surface area contributed by atoms with Gasteiger partial charge in [0, 0.05) is 18.7 Å². The molecular weight excluding hydrogens is 362 g/mol. The third kappa shape index (κ3) is 3.61. The minimum atomic E-state index is -0.0504. The Morgan fingerprint density at radius 3 is 2.96 bits per heavy atom. The van der Waals surface area contributed by atoms with E-state index in [0.717, 1.165) is 36.1 Å². The maximum atomic E-state index is 12.5. The van der Waals surface area contributed by atoms with Gasteiger partial charge in [-0.15, -0.1) is 10.2 Å². The van der Waals surface area contributed by atoms with Crippen LogP contribution in [0.15, 0.2) is 34.2 Å². The number of hydrogen-bond donors (Lipinski definition) is 1. The number of para-hydroxylation sites is 1. The van der Waals surface area contributed by atoms with Crippen molar-refractivity contribution in [1.29, 1.82) is 0 Å². The monoisotopic (exact) mass is 388 g/mol. The standard InChI is InChI=1S/C19H25N5O2S/c1-13(2)10-23-8-9-26-14(11-23)12-27-19-21-20-18-22(3)17(25)15-6-4-5-7-16(15)24(18)19/h4-7,13-14H,8-12H2,1-3H3/p+1/t14-/m0/s1. The summed E-state index contributed by atoms with van der Waals surface area (Å²) < 4.78 is 9.51. The quantitative estimate of drug-likeness (QED) is 0.649. The van der Waals surface area contributed by atoms with Crippen molar-refractivity contribution in [2.45, 2.75) is 25.1 Å². The van der Waals surface area contributed by atoms with Gasteiger partial charge in [0.05, 0.1) is 24.1 Å². The predicted octanol–water partition coefficient (Wildman–Crippen LogP) is 0.613. The molecule has 1 saturated heterocycles. The largest absolute Gasteiger partial charge is 0.366 e. The number of rotatable bonds is 5. The van der Waals surface area contributed by atoms with Gasteiger partial charge in [-0.25, -0.2) is 0 Å². The fourth-order valence-corrected chi connectivity index (χ4v) is 4.75. The molecule has 1 unspecified atom stereocenters. The molecule has 3 heterocycles. The van der Waals surface area contributed by atoms with Crippen LogP contribution in [0.1, 0.15) is 13.8 Å². The molecule has 0 radical (unpaired) electrons. The van der Waals surface area contributed by atoms with Gasteiger partial charge in [0.1, 0.15) is 19.2 Å². The summed E-state index contributed by atoms with van der Waals surface area (Å²) in [6.07, 6.45) is 0.212. The summed E-state index contributed by atoms with van der Waals surface area (Å²) in [5.41, 5.74) is 0.797. The van der Waals surface area contributed by atoms with Gasteiger partial charge in [-0.3, -0.25) is 13.8 Å². The number of aryl methyl sites for hydroxylation is 1. The van der Waals surface area contributed by atoms with E-state index in [0.29, 0.717) is 17.1 Å². The lowest BCUT2D eigenvalue weighted by Crippen LogP contribution is -3.15. The maximum absolute atomic E-state index is 12.5. The number of nitrogens with zero attached hydrogens (tertiary/aromatic N) is 4. The first-order chi connectivity index (χ1) is 13.0. The lowest BCUT2D eigenvalue weighted by Gasteiger charge is -2.30. The number of morpholine rings is 1. The Morgan fingerprint density at radius 2 is 2.15 bits per heavy atom. The van der Waals surface area contributed by atoms with Crippen LogP contribution in [0.2, 0.25) is 0 Å². The van der Waals surface area contributed by atoms with Crippen LogP contribution in [0.25, 0.3) is 16.7 Å². The van der Waals surface area contributed by atoms with Gasteiger partial charge in [0.15, 0.2) is 5.16 Å². The van der Waals surface area contributed by atoms with Crippen molar-refractivity contribution in [1.82, 2.24) is 19.2 Å². The summed E-state index contributed by atoms with van der Waals surface area (Å²) in [6, 6.07) is 7.62. The van der Waals surface area contributed by atoms with Crippen LogP contribution in [0.5, 0.6) is 0 Å². The van der Waals surface area contributed by atoms with Crippen LogP contribution in [0, 0.1) is 5.92 Å². The van der Waals surface area contributed by atoms with Gasteiger partial charge in [-0.1, -0.05) is 37.7 Å². The Kier molecular flexibility index (Phi) is 5.21. The zero-order chi connectivity index (χ0) is 19.0. The lowest BCUT2D eigenvalue weighted by atomic mass is 10.2. The number of aromatic nitrogens is 4. The second-order valence-corrected chi connectivity index (χ2v) is 8.59. The molecule has 27 heavy (non-hydrogen) atoms. The van der Waals surface area contributed by atoms with Crippen LogP contribution < -0.4 is 10.5 Å². The normalized spacial score (nSPS) is 20.7. The van der Waals surface area contributed by atoms with Gasteiger partial charge >= 0.3 is 0 Å². The summed E-state index contributed by atoms with van der Waals surface area (Å²) in [5, 5.41) is 10.1. The van der Waals surface area contributed by atoms with Crippen molar-refractivity contribution in [3.05, 3.63) is 34.6 Å². The minimum Gasteiger partial charge on any atom is -0.366 e. The van der Waals surface area contributed by atoms with Gasteiger partial charge in [0.25, 0.3) is 5.56 Å². The Bertz CT molecular complexity index is 1010. The van der Waals surface area contributed by atoms with Crippen LogP contribution in [0.3, 0.4) is 0 Å². The molecule has 3 aromatic rings. The summed E-state index contributed by atoms with van der Waals surface area (Å²) in [5.74, 6) is 2.09. The lowest BCUT2D eigenvalue weighted by molar-refractivity contribution is -0.914. The average Bonchev–Trinajstić information content (AvgIpc) is 3.08. The number of ether oxygens (including phenoxy) is 1. The van der Waals surface area contributed by atoms with E-state index in [1.807, 2.05) is 28.7 Å². The van der Waals surface area contributed by atoms with Gasteiger partial charge in [-0.05, 0) is 12.1 Å². The third-order valence-corrected chi connectivity index (χ3v) is 6.08. The fraction of sp³-hybridized carbons (Fsp3) is 0.526. The van der Waals surface area contributed by atoms with Crippen molar-refractivity contribution in [3.63, 3.8) is 0 Å². The fourth-order valence-electron chi connectivity index (χ4n) is 3.79. The summed E-state index contributed by atoms with van der Waals surface area (Å²) in [7, 11) is 1.74. The van der Waals surface area contributed by atoms with E-state index in [2.05, 4.69) is 24.0 Å². The Balaban J connectivity index is 1.59. The van der Waals surface area contributed by atoms with Crippen molar-refractivity contribution in [3.8, 4) is 0 Å². The maximum Gasteiger partial charge on any atom is 0.262 e. The molecule has 4 rings (SSSR count). The molecule has 144 valence electrons. The third-order valence-electron chi connectivity index (χ3n) is 5.02. The molecule has 1 aromatic carbocycles. The van der Waals surface area contributed by atoms with Crippen molar-refractivity contribution < 1.29 is 9.64 Å². The van der Waals surface area contributed by atoms with Crippen LogP contribution in [-0.2, 0) is 11.8 Å². The SMILES string of the molecule is CC(C)C[NH+]1CCO[C@H](CSc2nnc3n(C)c(=O)c4ccccc4n23)C1. The molecule has 8 heteroatoms. The highest BCUT2D eigenvalue weighted by Gasteiger charge is 2.25. The number of benzene rings is 1. The number of fused-ring (bicyclic) bond motifs is 3. The second-order valence-electron chi connectivity index (χ2n) is 7.61. The van der Waals surface area contributed by atoms with Crippen LogP contribution in [0.4, 0.5) is 0 Å². The molecule has 1 aliphatic heterocycles. The highest BCUT2D eigenvalue weighted by atomic mass is 32.2. The van der Waals surface area contributed by atoms with Crippen LogP contribution in [-0.4, -0.2) is 57.3 Å². The molecule has 1 N–H and O–H groups in total. The first-order valence-corrected chi connectivity index (χ1v) is 10.4. The zero-order valence-corrected chi connectivity index (χ0v) is 16.8. The highest BCUT2D eigenvalue weighted by molar-refractivity contribution is 7.99. The Morgan fingerprint density at radius 1 is 1.33 bits per heavy atom. The smallest absolute Gasteiger partial charge is 0.262 e. The molecule has 2 aromatic heterocycles. The summed E-state index contributed by atoms with van der Waals surface area (Å²) in [4.78, 5) is 14.1. The molecule has 1 aliphatic rings.